The quantitative estimate of drug-likeness (QED) is 0.503. The maximum atomic E-state index is 12.6. The van der Waals surface area contributed by atoms with E-state index in [-0.39, 0.29) is 48.8 Å². The number of carbonyl (C=O) groups excluding carboxylic acids is 2. The van der Waals surface area contributed by atoms with Gasteiger partial charge in [-0.2, -0.15) is 0 Å². The molecule has 0 aromatic carbocycles. The van der Waals surface area contributed by atoms with E-state index in [9.17, 15) is 9.59 Å². The highest BCUT2D eigenvalue weighted by molar-refractivity contribution is 5.85. The van der Waals surface area contributed by atoms with Crippen LogP contribution in [0.5, 0.6) is 0 Å². The van der Waals surface area contributed by atoms with Gasteiger partial charge in [-0.3, -0.25) is 9.59 Å². The molecule has 0 heterocycles. The van der Waals surface area contributed by atoms with Crippen LogP contribution in [0.4, 0.5) is 0 Å². The third-order valence-electron chi connectivity index (χ3n) is 5.67. The summed E-state index contributed by atoms with van der Waals surface area (Å²) in [5.74, 6) is 0.549. The van der Waals surface area contributed by atoms with Crippen LogP contribution in [0.3, 0.4) is 0 Å². The van der Waals surface area contributed by atoms with Gasteiger partial charge in [0.2, 0.25) is 11.8 Å². The summed E-state index contributed by atoms with van der Waals surface area (Å²) in [6.07, 6.45) is 7.87. The Labute approximate surface area is 168 Å². The molecule has 2 aliphatic rings. The lowest BCUT2D eigenvalue weighted by Crippen LogP contribution is -2.48. The molecule has 2 atom stereocenters. The largest absolute Gasteiger partial charge is 0.382 e. The molecule has 0 bridgehead atoms. The van der Waals surface area contributed by atoms with Crippen molar-refractivity contribution in [1.82, 2.24) is 10.6 Å². The Morgan fingerprint density at radius 1 is 1.00 bits per heavy atom. The highest BCUT2D eigenvalue weighted by Gasteiger charge is 2.31. The number of ether oxygens (including phenoxy) is 2. The molecule has 0 aliphatic heterocycles. The Morgan fingerprint density at radius 3 is 2.37 bits per heavy atom. The summed E-state index contributed by atoms with van der Waals surface area (Å²) in [4.78, 5) is 24.4. The minimum atomic E-state index is -0.0954. The first-order chi connectivity index (χ1) is 12.6. The van der Waals surface area contributed by atoms with Gasteiger partial charge in [0.05, 0.1) is 13.2 Å². The maximum absolute atomic E-state index is 12.6. The molecule has 2 amide bonds. The fourth-order valence-electron chi connectivity index (χ4n) is 4.06. The molecule has 7 nitrogen and oxygen atoms in total. The highest BCUT2D eigenvalue weighted by atomic mass is 35.5. The van der Waals surface area contributed by atoms with Crippen molar-refractivity contribution in [1.29, 1.82) is 0 Å². The van der Waals surface area contributed by atoms with Crippen molar-refractivity contribution in [2.45, 2.75) is 63.5 Å². The molecule has 2 aliphatic carbocycles. The molecule has 0 saturated heterocycles. The second kappa shape index (κ2) is 13.3. The van der Waals surface area contributed by atoms with Crippen molar-refractivity contribution in [2.75, 3.05) is 33.5 Å². The predicted octanol–water partition coefficient (Wildman–Crippen LogP) is 1.38. The summed E-state index contributed by atoms with van der Waals surface area (Å²) in [5.41, 5.74) is 5.86. The number of hydrogen-bond donors (Lipinski definition) is 3. The van der Waals surface area contributed by atoms with Gasteiger partial charge in [0.25, 0.3) is 0 Å². The van der Waals surface area contributed by atoms with E-state index in [1.807, 2.05) is 0 Å². The smallest absolute Gasteiger partial charge is 0.246 e. The van der Waals surface area contributed by atoms with Gasteiger partial charge in [0.1, 0.15) is 6.61 Å². The molecule has 0 spiro atoms. The van der Waals surface area contributed by atoms with Crippen LogP contribution in [0.1, 0.15) is 51.4 Å². The van der Waals surface area contributed by atoms with Crippen molar-refractivity contribution in [3.05, 3.63) is 0 Å². The average Bonchev–Trinajstić information content (AvgIpc) is 2.66. The van der Waals surface area contributed by atoms with Crippen molar-refractivity contribution >= 4 is 24.2 Å². The summed E-state index contributed by atoms with van der Waals surface area (Å²) >= 11 is 0. The van der Waals surface area contributed by atoms with Crippen LogP contribution in [0.15, 0.2) is 0 Å². The molecule has 2 saturated carbocycles. The average molecular weight is 406 g/mol. The summed E-state index contributed by atoms with van der Waals surface area (Å²) in [7, 11) is 1.60. The molecule has 158 valence electrons. The first-order valence-electron chi connectivity index (χ1n) is 10.0. The number of methoxy groups -OCH3 is 1. The van der Waals surface area contributed by atoms with Crippen LogP contribution in [-0.4, -0.2) is 57.4 Å². The van der Waals surface area contributed by atoms with Crippen molar-refractivity contribution in [2.24, 2.45) is 17.6 Å². The zero-order valence-electron chi connectivity index (χ0n) is 16.4. The Kier molecular flexibility index (Phi) is 11.9. The fraction of sp³-hybridized carbons (Fsp3) is 0.895. The van der Waals surface area contributed by atoms with E-state index < -0.39 is 0 Å². The minimum Gasteiger partial charge on any atom is -0.382 e. The summed E-state index contributed by atoms with van der Waals surface area (Å²) in [6.45, 7) is 1.61. The molecule has 27 heavy (non-hydrogen) atoms. The topological polar surface area (TPSA) is 103 Å². The van der Waals surface area contributed by atoms with Gasteiger partial charge in [-0.1, -0.05) is 12.8 Å². The van der Waals surface area contributed by atoms with Gasteiger partial charge in [-0.05, 0) is 51.0 Å². The normalized spacial score (nSPS) is 28.1. The van der Waals surface area contributed by atoms with Crippen LogP contribution in [-0.2, 0) is 19.1 Å². The van der Waals surface area contributed by atoms with Gasteiger partial charge >= 0.3 is 0 Å². The van der Waals surface area contributed by atoms with E-state index in [1.54, 1.807) is 7.11 Å². The molecule has 0 radical (unpaired) electrons. The van der Waals surface area contributed by atoms with Crippen molar-refractivity contribution < 1.29 is 19.1 Å². The molecule has 0 aromatic heterocycles. The lowest BCUT2D eigenvalue weighted by atomic mass is 9.82. The Morgan fingerprint density at radius 2 is 1.70 bits per heavy atom. The van der Waals surface area contributed by atoms with E-state index >= 15 is 0 Å². The molecule has 2 fully saturated rings. The SMILES string of the molecule is COCCOCC(=O)NC1CCC(C(=O)NC2CCCCC2CN)CC1.Cl. The van der Waals surface area contributed by atoms with Gasteiger partial charge in [0.15, 0.2) is 0 Å². The number of carbonyl (C=O) groups is 2. The predicted molar refractivity (Wildman–Crippen MR) is 107 cm³/mol. The summed E-state index contributed by atoms with van der Waals surface area (Å²) < 4.78 is 10.1. The van der Waals surface area contributed by atoms with Crippen LogP contribution in [0.2, 0.25) is 0 Å². The third-order valence-corrected chi connectivity index (χ3v) is 5.67. The third kappa shape index (κ3) is 8.34. The molecular formula is C19H36ClN3O4. The first-order valence-corrected chi connectivity index (χ1v) is 10.0. The number of hydrogen-bond acceptors (Lipinski definition) is 5. The maximum Gasteiger partial charge on any atom is 0.246 e. The first kappa shape index (κ1) is 24.1. The lowest BCUT2D eigenvalue weighted by Gasteiger charge is -2.34. The molecule has 2 unspecified atom stereocenters. The second-order valence-electron chi connectivity index (χ2n) is 7.56. The number of halogens is 1. The number of nitrogens with two attached hydrogens (primary N) is 1. The van der Waals surface area contributed by atoms with E-state index in [2.05, 4.69) is 10.6 Å². The summed E-state index contributed by atoms with van der Waals surface area (Å²) in [6, 6.07) is 0.381. The van der Waals surface area contributed by atoms with Gasteiger partial charge in [-0.25, -0.2) is 0 Å². The lowest BCUT2D eigenvalue weighted by molar-refractivity contribution is -0.128. The van der Waals surface area contributed by atoms with Crippen molar-refractivity contribution in [3.8, 4) is 0 Å². The monoisotopic (exact) mass is 405 g/mol. The minimum absolute atomic E-state index is 0. The number of rotatable bonds is 9. The summed E-state index contributed by atoms with van der Waals surface area (Å²) in [5, 5.41) is 6.25. The van der Waals surface area contributed by atoms with Gasteiger partial charge < -0.3 is 25.8 Å². The molecule has 4 N–H and O–H groups in total. The second-order valence-corrected chi connectivity index (χ2v) is 7.56. The van der Waals surface area contributed by atoms with Crippen LogP contribution >= 0.6 is 12.4 Å². The van der Waals surface area contributed by atoms with E-state index in [0.29, 0.717) is 25.7 Å². The van der Waals surface area contributed by atoms with Crippen molar-refractivity contribution in [3.63, 3.8) is 0 Å². The number of amides is 2. The zero-order valence-corrected chi connectivity index (χ0v) is 17.2. The van der Waals surface area contributed by atoms with Gasteiger partial charge in [0, 0.05) is 25.1 Å². The van der Waals surface area contributed by atoms with Gasteiger partial charge in [-0.15, -0.1) is 12.4 Å². The number of nitrogens with one attached hydrogen (secondary N) is 2. The Bertz CT molecular complexity index is 445. The fourth-order valence-corrected chi connectivity index (χ4v) is 4.06. The van der Waals surface area contributed by atoms with E-state index in [1.165, 1.54) is 12.8 Å². The Balaban J connectivity index is 0.00000364. The Hall–Kier alpha value is -0.890. The van der Waals surface area contributed by atoms with E-state index in [0.717, 1.165) is 38.5 Å². The molecule has 2 rings (SSSR count). The standard InChI is InChI=1S/C19H35N3O4.ClH/c1-25-10-11-26-13-18(23)21-16-8-6-14(7-9-16)19(24)22-17-5-3-2-4-15(17)12-20;/h14-17H,2-13,20H2,1H3,(H,21,23)(H,22,24);1H. The van der Waals surface area contributed by atoms with Crippen LogP contribution < -0.4 is 16.4 Å². The van der Waals surface area contributed by atoms with E-state index in [4.69, 9.17) is 15.2 Å². The highest BCUT2D eigenvalue weighted by Crippen LogP contribution is 2.27. The van der Waals surface area contributed by atoms with Crippen LogP contribution in [0, 0.1) is 11.8 Å². The van der Waals surface area contributed by atoms with Crippen LogP contribution in [0.25, 0.3) is 0 Å². The molecule has 8 heteroatoms. The molecular weight excluding hydrogens is 370 g/mol. The molecule has 0 aromatic rings. The zero-order chi connectivity index (χ0) is 18.8.